The molecule has 2 aliphatic rings. The Morgan fingerprint density at radius 1 is 0.542 bits per heavy atom. The van der Waals surface area contributed by atoms with Crippen LogP contribution in [0.3, 0.4) is 0 Å². The van der Waals surface area contributed by atoms with Crippen LogP contribution in [0.2, 0.25) is 0 Å². The van der Waals surface area contributed by atoms with Crippen LogP contribution in [0.5, 0.6) is 23.0 Å². The van der Waals surface area contributed by atoms with Crippen molar-refractivity contribution in [1.29, 1.82) is 0 Å². The summed E-state index contributed by atoms with van der Waals surface area (Å²) in [6.07, 6.45) is 9.11. The average molecular weight is 647 g/mol. The Bertz CT molecular complexity index is 1650. The summed E-state index contributed by atoms with van der Waals surface area (Å²) in [6, 6.07) is 22.2. The number of rotatable bonds is 13. The van der Waals surface area contributed by atoms with Gasteiger partial charge < -0.3 is 18.9 Å². The zero-order chi connectivity index (χ0) is 34.1. The molecule has 4 aromatic rings. The molecular weight excluding hydrogens is 592 g/mol. The van der Waals surface area contributed by atoms with E-state index in [2.05, 4.69) is 116 Å². The molecule has 0 aliphatic carbocycles. The number of ether oxygens (including phenoxy) is 4. The van der Waals surface area contributed by atoms with Gasteiger partial charge in [-0.3, -0.25) is 0 Å². The second-order valence-corrected chi connectivity index (χ2v) is 14.9. The largest absolute Gasteiger partial charge is 0.489 e. The van der Waals surface area contributed by atoms with Crippen LogP contribution in [-0.2, 0) is 24.0 Å². The highest BCUT2D eigenvalue weighted by Gasteiger charge is 2.36. The average Bonchev–Trinajstić information content (AvgIpc) is 3.02. The Balaban J connectivity index is 1.31. The van der Waals surface area contributed by atoms with Gasteiger partial charge in [-0.05, 0) is 114 Å². The third kappa shape index (κ3) is 6.95. The van der Waals surface area contributed by atoms with Gasteiger partial charge in [0.05, 0.1) is 11.1 Å². The summed E-state index contributed by atoms with van der Waals surface area (Å²) in [7, 11) is 0. The maximum absolute atomic E-state index is 6.70. The van der Waals surface area contributed by atoms with Gasteiger partial charge in [0, 0.05) is 11.1 Å². The summed E-state index contributed by atoms with van der Waals surface area (Å²) in [5.74, 6) is 3.55. The molecule has 2 aliphatic heterocycles. The van der Waals surface area contributed by atoms with E-state index in [0.29, 0.717) is 13.2 Å². The third-order valence-electron chi connectivity index (χ3n) is 9.90. The fraction of sp³-hybridized carbons (Fsp3) is 0.455. The first-order valence-electron chi connectivity index (χ1n) is 18.2. The molecule has 0 saturated carbocycles. The normalized spacial score (nSPS) is 14.9. The van der Waals surface area contributed by atoms with Crippen molar-refractivity contribution in [3.63, 3.8) is 0 Å². The minimum absolute atomic E-state index is 0.414. The van der Waals surface area contributed by atoms with Gasteiger partial charge in [-0.2, -0.15) is 0 Å². The van der Waals surface area contributed by atoms with Crippen LogP contribution in [0, 0.1) is 13.8 Å². The van der Waals surface area contributed by atoms with Crippen LogP contribution in [-0.4, -0.2) is 13.2 Å². The SMILES string of the molecule is CCCCCc1cc(OCCOc2cc(CCCCC)cc3c2-c2cc(C)ccc2C(C)(C)O3)c2c(c1)OC(C)(C)c1ccc(C)cc1-2. The van der Waals surface area contributed by atoms with Crippen LogP contribution in [0.4, 0.5) is 0 Å². The molecule has 6 rings (SSSR count). The molecule has 0 saturated heterocycles. The third-order valence-corrected chi connectivity index (χ3v) is 9.90. The first-order chi connectivity index (χ1) is 23.0. The van der Waals surface area contributed by atoms with E-state index in [1.165, 1.54) is 70.2 Å². The lowest BCUT2D eigenvalue weighted by Gasteiger charge is -2.36. The van der Waals surface area contributed by atoms with Crippen molar-refractivity contribution in [3.05, 3.63) is 94.0 Å². The van der Waals surface area contributed by atoms with E-state index >= 15 is 0 Å². The molecule has 254 valence electrons. The zero-order valence-electron chi connectivity index (χ0n) is 30.5. The first kappa shape index (κ1) is 34.0. The van der Waals surface area contributed by atoms with Crippen LogP contribution in [0.1, 0.15) is 113 Å². The maximum Gasteiger partial charge on any atom is 0.132 e. The van der Waals surface area contributed by atoms with E-state index in [0.717, 1.165) is 59.8 Å². The van der Waals surface area contributed by atoms with Crippen LogP contribution in [0.25, 0.3) is 22.3 Å². The number of aryl methyl sites for hydroxylation is 4. The number of unbranched alkanes of at least 4 members (excludes halogenated alkanes) is 4. The summed E-state index contributed by atoms with van der Waals surface area (Å²) in [5, 5.41) is 0. The van der Waals surface area contributed by atoms with Crippen molar-refractivity contribution in [2.45, 2.75) is 118 Å². The second-order valence-electron chi connectivity index (χ2n) is 14.9. The summed E-state index contributed by atoms with van der Waals surface area (Å²) in [6.45, 7) is 18.2. The Morgan fingerprint density at radius 2 is 0.958 bits per heavy atom. The van der Waals surface area contributed by atoms with Crippen molar-refractivity contribution in [2.24, 2.45) is 0 Å². The Kier molecular flexibility index (Phi) is 9.83. The van der Waals surface area contributed by atoms with Crippen LogP contribution < -0.4 is 18.9 Å². The highest BCUT2D eigenvalue weighted by Crippen LogP contribution is 2.52. The highest BCUT2D eigenvalue weighted by atomic mass is 16.5. The van der Waals surface area contributed by atoms with Crippen molar-refractivity contribution < 1.29 is 18.9 Å². The van der Waals surface area contributed by atoms with Gasteiger partial charge in [-0.1, -0.05) is 87.1 Å². The molecule has 4 aromatic carbocycles. The van der Waals surface area contributed by atoms with Gasteiger partial charge in [-0.15, -0.1) is 0 Å². The van der Waals surface area contributed by atoms with E-state index in [1.54, 1.807) is 0 Å². The molecule has 4 heteroatoms. The van der Waals surface area contributed by atoms with Crippen LogP contribution in [0.15, 0.2) is 60.7 Å². The molecule has 0 radical (unpaired) electrons. The number of hydrogen-bond donors (Lipinski definition) is 0. The summed E-state index contributed by atoms with van der Waals surface area (Å²) < 4.78 is 26.8. The fourth-order valence-electron chi connectivity index (χ4n) is 7.40. The Morgan fingerprint density at radius 3 is 1.35 bits per heavy atom. The standard InChI is InChI=1S/C44H54O4/c1-9-11-13-15-31-25-37(41-33-23-29(3)17-19-35(33)43(5,6)47-39(41)27-31)45-21-22-46-38-26-32(16-14-12-10-2)28-40-42(38)34-24-30(4)18-20-36(34)44(7,8)48-40/h17-20,23-28H,9-16,21-22H2,1-8H3. The minimum atomic E-state index is -0.426. The van der Waals surface area contributed by atoms with Crippen molar-refractivity contribution in [3.8, 4) is 45.3 Å². The van der Waals surface area contributed by atoms with E-state index in [4.69, 9.17) is 18.9 Å². The topological polar surface area (TPSA) is 36.9 Å². The smallest absolute Gasteiger partial charge is 0.132 e. The summed E-state index contributed by atoms with van der Waals surface area (Å²) in [4.78, 5) is 0. The second kappa shape index (κ2) is 13.9. The number of hydrogen-bond acceptors (Lipinski definition) is 4. The molecule has 0 fully saturated rings. The summed E-state index contributed by atoms with van der Waals surface area (Å²) >= 11 is 0. The minimum Gasteiger partial charge on any atom is -0.489 e. The monoisotopic (exact) mass is 646 g/mol. The summed E-state index contributed by atoms with van der Waals surface area (Å²) in [5.41, 5.74) is 11.0. The molecule has 0 aromatic heterocycles. The van der Waals surface area contributed by atoms with E-state index in [1.807, 2.05) is 0 Å². The predicted octanol–water partition coefficient (Wildman–Crippen LogP) is 11.8. The first-order valence-corrected chi connectivity index (χ1v) is 18.2. The Labute approximate surface area is 288 Å². The lowest BCUT2D eigenvalue weighted by Crippen LogP contribution is -2.30. The quantitative estimate of drug-likeness (QED) is 0.135. The van der Waals surface area contributed by atoms with Crippen molar-refractivity contribution in [1.82, 2.24) is 0 Å². The molecule has 2 heterocycles. The molecular formula is C44H54O4. The highest BCUT2D eigenvalue weighted by molar-refractivity contribution is 5.84. The van der Waals surface area contributed by atoms with E-state index in [9.17, 15) is 0 Å². The van der Waals surface area contributed by atoms with Crippen molar-refractivity contribution >= 4 is 0 Å². The maximum atomic E-state index is 6.70. The molecule has 48 heavy (non-hydrogen) atoms. The molecule has 4 nitrogen and oxygen atoms in total. The zero-order valence-corrected chi connectivity index (χ0v) is 30.5. The molecule has 0 amide bonds. The Hall–Kier alpha value is -3.92. The number of fused-ring (bicyclic) bond motifs is 6. The number of benzene rings is 4. The van der Waals surface area contributed by atoms with E-state index in [-0.39, 0.29) is 0 Å². The lowest BCUT2D eigenvalue weighted by atomic mass is 9.84. The lowest BCUT2D eigenvalue weighted by molar-refractivity contribution is 0.104. The molecule has 0 unspecified atom stereocenters. The van der Waals surface area contributed by atoms with E-state index < -0.39 is 11.2 Å². The van der Waals surface area contributed by atoms with Gasteiger partial charge in [0.2, 0.25) is 0 Å². The van der Waals surface area contributed by atoms with Crippen molar-refractivity contribution in [2.75, 3.05) is 13.2 Å². The molecule has 0 atom stereocenters. The predicted molar refractivity (Wildman–Crippen MR) is 198 cm³/mol. The van der Waals surface area contributed by atoms with Gasteiger partial charge in [-0.25, -0.2) is 0 Å². The van der Waals surface area contributed by atoms with Gasteiger partial charge in [0.1, 0.15) is 47.4 Å². The molecule has 0 bridgehead atoms. The molecule has 0 N–H and O–H groups in total. The van der Waals surface area contributed by atoms with Gasteiger partial charge >= 0.3 is 0 Å². The molecule has 0 spiro atoms. The van der Waals surface area contributed by atoms with Crippen LogP contribution >= 0.6 is 0 Å². The fourth-order valence-corrected chi connectivity index (χ4v) is 7.40. The van der Waals surface area contributed by atoms with Gasteiger partial charge in [0.25, 0.3) is 0 Å². The van der Waals surface area contributed by atoms with Gasteiger partial charge in [0.15, 0.2) is 0 Å².